The van der Waals surface area contributed by atoms with Gasteiger partial charge in [0.05, 0.1) is 13.7 Å². The molecule has 0 atom stereocenters. The second-order valence-corrected chi connectivity index (χ2v) is 8.55. The smallest absolute Gasteiger partial charge is 0.253 e. The molecule has 0 bridgehead atoms. The number of aromatic nitrogens is 1. The first-order valence-electron chi connectivity index (χ1n) is 11.7. The molecule has 1 aromatic heterocycles. The van der Waals surface area contributed by atoms with Crippen LogP contribution in [0.25, 0.3) is 11.1 Å². The molecule has 0 unspecified atom stereocenters. The zero-order chi connectivity index (χ0) is 23.2. The third-order valence-electron chi connectivity index (χ3n) is 6.25. The number of amides is 1. The van der Waals surface area contributed by atoms with Crippen LogP contribution in [0.3, 0.4) is 0 Å². The van der Waals surface area contributed by atoms with Gasteiger partial charge in [0.25, 0.3) is 5.91 Å². The van der Waals surface area contributed by atoms with Gasteiger partial charge in [0, 0.05) is 42.6 Å². The summed E-state index contributed by atoms with van der Waals surface area (Å²) in [4.78, 5) is 19.8. The second-order valence-electron chi connectivity index (χ2n) is 8.55. The van der Waals surface area contributed by atoms with E-state index in [1.165, 1.54) is 0 Å². The molecule has 1 fully saturated rings. The van der Waals surface area contributed by atoms with Gasteiger partial charge in [0.15, 0.2) is 0 Å². The summed E-state index contributed by atoms with van der Waals surface area (Å²) in [6, 6.07) is 20.2. The molecule has 1 aliphatic rings. The van der Waals surface area contributed by atoms with Crippen LogP contribution in [0, 0.1) is 6.92 Å². The molecule has 3 aromatic rings. The van der Waals surface area contributed by atoms with E-state index in [4.69, 9.17) is 14.5 Å². The van der Waals surface area contributed by atoms with Crippen molar-refractivity contribution in [1.82, 2.24) is 9.88 Å². The fourth-order valence-corrected chi connectivity index (χ4v) is 4.40. The minimum absolute atomic E-state index is 0.102. The molecule has 1 aliphatic heterocycles. The van der Waals surface area contributed by atoms with Crippen LogP contribution in [0.4, 0.5) is 0 Å². The monoisotopic (exact) mass is 444 g/mol. The van der Waals surface area contributed by atoms with Gasteiger partial charge in [-0.25, -0.2) is 0 Å². The SMILES string of the molecule is CCOCc1ccc(C(=O)N2CCC(c3cc(-c4cccc(OC)c4)cc(C)n3)CC2)cc1. The van der Waals surface area contributed by atoms with Gasteiger partial charge in [-0.1, -0.05) is 24.3 Å². The van der Waals surface area contributed by atoms with Gasteiger partial charge >= 0.3 is 0 Å². The third-order valence-corrected chi connectivity index (χ3v) is 6.25. The van der Waals surface area contributed by atoms with Crippen LogP contribution in [-0.4, -0.2) is 42.6 Å². The third kappa shape index (κ3) is 5.60. The Bertz CT molecular complexity index is 1090. The molecule has 1 saturated heterocycles. The largest absolute Gasteiger partial charge is 0.497 e. The minimum Gasteiger partial charge on any atom is -0.497 e. The topological polar surface area (TPSA) is 51.7 Å². The van der Waals surface area contributed by atoms with Gasteiger partial charge < -0.3 is 14.4 Å². The van der Waals surface area contributed by atoms with E-state index in [2.05, 4.69) is 24.3 Å². The summed E-state index contributed by atoms with van der Waals surface area (Å²) in [6.45, 7) is 6.78. The molecular formula is C28H32N2O3. The number of ether oxygens (including phenoxy) is 2. The molecule has 0 spiro atoms. The number of carbonyl (C=O) groups is 1. The van der Waals surface area contributed by atoms with Crippen LogP contribution in [0.2, 0.25) is 0 Å². The summed E-state index contributed by atoms with van der Waals surface area (Å²) in [7, 11) is 1.69. The maximum Gasteiger partial charge on any atom is 0.253 e. The molecule has 2 aromatic carbocycles. The first-order chi connectivity index (χ1) is 16.1. The summed E-state index contributed by atoms with van der Waals surface area (Å²) < 4.78 is 10.8. The van der Waals surface area contributed by atoms with Gasteiger partial charge in [0.1, 0.15) is 5.75 Å². The van der Waals surface area contributed by atoms with E-state index in [1.807, 2.05) is 55.1 Å². The average Bonchev–Trinajstić information content (AvgIpc) is 2.87. The van der Waals surface area contributed by atoms with Crippen LogP contribution in [-0.2, 0) is 11.3 Å². The fraction of sp³-hybridized carbons (Fsp3) is 0.357. The van der Waals surface area contributed by atoms with Crippen LogP contribution < -0.4 is 4.74 Å². The predicted molar refractivity (Wildman–Crippen MR) is 131 cm³/mol. The standard InChI is InChI=1S/C28H32N2O3/c1-4-33-19-21-8-10-23(11-9-21)28(31)30-14-12-22(13-15-30)27-18-25(16-20(2)29-27)24-6-5-7-26(17-24)32-3/h5-11,16-18,22H,4,12-15,19H2,1-3H3. The molecule has 0 N–H and O–H groups in total. The van der Waals surface area contributed by atoms with E-state index in [-0.39, 0.29) is 5.91 Å². The molecule has 0 saturated carbocycles. The molecule has 4 rings (SSSR count). The zero-order valence-corrected chi connectivity index (χ0v) is 19.7. The van der Waals surface area contributed by atoms with E-state index >= 15 is 0 Å². The van der Waals surface area contributed by atoms with Crippen molar-refractivity contribution in [2.45, 2.75) is 39.2 Å². The maximum atomic E-state index is 13.0. The lowest BCUT2D eigenvalue weighted by Gasteiger charge is -2.32. The number of aryl methyl sites for hydroxylation is 1. The Morgan fingerprint density at radius 2 is 1.79 bits per heavy atom. The highest BCUT2D eigenvalue weighted by atomic mass is 16.5. The lowest BCUT2D eigenvalue weighted by Crippen LogP contribution is -2.38. The summed E-state index contributed by atoms with van der Waals surface area (Å²) in [5.41, 5.74) is 6.23. The molecule has 33 heavy (non-hydrogen) atoms. The van der Waals surface area contributed by atoms with E-state index < -0.39 is 0 Å². The highest BCUT2D eigenvalue weighted by Gasteiger charge is 2.26. The molecule has 0 radical (unpaired) electrons. The van der Waals surface area contributed by atoms with Gasteiger partial charge in [-0.2, -0.15) is 0 Å². The Morgan fingerprint density at radius 3 is 2.48 bits per heavy atom. The molecule has 1 amide bonds. The Hall–Kier alpha value is -3.18. The fourth-order valence-electron chi connectivity index (χ4n) is 4.40. The van der Waals surface area contributed by atoms with E-state index in [0.717, 1.165) is 65.3 Å². The summed E-state index contributed by atoms with van der Waals surface area (Å²) in [5.74, 6) is 1.30. The average molecular weight is 445 g/mol. The normalized spacial score (nSPS) is 14.3. The van der Waals surface area contributed by atoms with Crippen molar-refractivity contribution in [3.63, 3.8) is 0 Å². The number of piperidine rings is 1. The molecule has 5 nitrogen and oxygen atoms in total. The number of benzene rings is 2. The molecule has 5 heteroatoms. The van der Waals surface area contributed by atoms with Crippen molar-refractivity contribution < 1.29 is 14.3 Å². The highest BCUT2D eigenvalue weighted by Crippen LogP contribution is 2.32. The highest BCUT2D eigenvalue weighted by molar-refractivity contribution is 5.94. The van der Waals surface area contributed by atoms with E-state index in [1.54, 1.807) is 7.11 Å². The Labute approximate surface area is 196 Å². The van der Waals surface area contributed by atoms with Gasteiger partial charge in [-0.05, 0) is 79.8 Å². The van der Waals surface area contributed by atoms with Crippen LogP contribution in [0.5, 0.6) is 5.75 Å². The van der Waals surface area contributed by atoms with E-state index in [9.17, 15) is 4.79 Å². The second kappa shape index (κ2) is 10.6. The van der Waals surface area contributed by atoms with E-state index in [0.29, 0.717) is 19.1 Å². The van der Waals surface area contributed by atoms with Gasteiger partial charge in [-0.3, -0.25) is 9.78 Å². The number of likely N-dealkylation sites (tertiary alicyclic amines) is 1. The molecular weight excluding hydrogens is 412 g/mol. The van der Waals surface area contributed by atoms with Gasteiger partial charge in [-0.15, -0.1) is 0 Å². The Morgan fingerprint density at radius 1 is 1.03 bits per heavy atom. The first kappa shape index (κ1) is 23.0. The first-order valence-corrected chi connectivity index (χ1v) is 11.7. The zero-order valence-electron chi connectivity index (χ0n) is 19.7. The summed E-state index contributed by atoms with van der Waals surface area (Å²) >= 11 is 0. The van der Waals surface area contributed by atoms with Crippen molar-refractivity contribution in [2.75, 3.05) is 26.8 Å². The summed E-state index contributed by atoms with van der Waals surface area (Å²) in [6.07, 6.45) is 1.84. The van der Waals surface area contributed by atoms with Crippen molar-refractivity contribution in [3.05, 3.63) is 83.2 Å². The van der Waals surface area contributed by atoms with Crippen LogP contribution >= 0.6 is 0 Å². The molecule has 172 valence electrons. The van der Waals surface area contributed by atoms with Crippen LogP contribution in [0.1, 0.15) is 53.0 Å². The quantitative estimate of drug-likeness (QED) is 0.474. The van der Waals surface area contributed by atoms with Crippen molar-refractivity contribution in [2.24, 2.45) is 0 Å². The van der Waals surface area contributed by atoms with Crippen molar-refractivity contribution in [3.8, 4) is 16.9 Å². The number of hydrogen-bond acceptors (Lipinski definition) is 4. The lowest BCUT2D eigenvalue weighted by molar-refractivity contribution is 0.0712. The maximum absolute atomic E-state index is 13.0. The van der Waals surface area contributed by atoms with Crippen molar-refractivity contribution in [1.29, 1.82) is 0 Å². The number of carbonyl (C=O) groups excluding carboxylic acids is 1. The lowest BCUT2D eigenvalue weighted by atomic mass is 9.91. The number of hydrogen-bond donors (Lipinski definition) is 0. The Kier molecular flexibility index (Phi) is 7.40. The molecule has 2 heterocycles. The number of rotatable bonds is 7. The number of methoxy groups -OCH3 is 1. The molecule has 0 aliphatic carbocycles. The summed E-state index contributed by atoms with van der Waals surface area (Å²) in [5, 5.41) is 0. The number of pyridine rings is 1. The number of nitrogens with zero attached hydrogens (tertiary/aromatic N) is 2. The Balaban J connectivity index is 1.42. The van der Waals surface area contributed by atoms with Crippen molar-refractivity contribution >= 4 is 5.91 Å². The van der Waals surface area contributed by atoms with Gasteiger partial charge in [0.2, 0.25) is 0 Å². The minimum atomic E-state index is 0.102. The predicted octanol–water partition coefficient (Wildman–Crippen LogP) is 5.62. The van der Waals surface area contributed by atoms with Crippen LogP contribution in [0.15, 0.2) is 60.7 Å².